The van der Waals surface area contributed by atoms with Crippen molar-refractivity contribution in [1.82, 2.24) is 10.1 Å². The van der Waals surface area contributed by atoms with Gasteiger partial charge in [-0.05, 0) is 11.4 Å². The summed E-state index contributed by atoms with van der Waals surface area (Å²) in [6, 6.07) is 0. The monoisotopic (exact) mass is 158 g/mol. The summed E-state index contributed by atoms with van der Waals surface area (Å²) in [7, 11) is 0. The predicted molar refractivity (Wildman–Crippen MR) is 36.1 cm³/mol. The number of thioether (sulfide) groups is 1. The first kappa shape index (κ1) is 7.27. The number of rotatable bonds is 2. The molecule has 0 radical (unpaired) electrons. The van der Waals surface area contributed by atoms with E-state index in [1.54, 1.807) is 0 Å². The van der Waals surface area contributed by atoms with Gasteiger partial charge < -0.3 is 4.52 Å². The fraction of sp³-hybridized carbons (Fsp3) is 0.400. The van der Waals surface area contributed by atoms with Gasteiger partial charge in [0.05, 0.1) is 0 Å². The number of nitrogens with zero attached hydrogens (tertiary/aromatic N) is 2. The van der Waals surface area contributed by atoms with Gasteiger partial charge in [-0.2, -0.15) is 4.98 Å². The molecule has 0 unspecified atom stereocenters. The van der Waals surface area contributed by atoms with Crippen LogP contribution < -0.4 is 0 Å². The van der Waals surface area contributed by atoms with Crippen LogP contribution in [0, 0.1) is 0 Å². The Balaban J connectivity index is 2.88. The van der Waals surface area contributed by atoms with E-state index in [0.29, 0.717) is 5.16 Å². The third-order valence-electron chi connectivity index (χ3n) is 0.891. The minimum atomic E-state index is -0.201. The van der Waals surface area contributed by atoms with E-state index in [1.165, 1.54) is 18.7 Å². The number of Topliss-reactive ketones (excluding diaryl/α,β-unsaturated/α-hetero) is 1. The van der Waals surface area contributed by atoms with Crippen molar-refractivity contribution in [3.63, 3.8) is 0 Å². The van der Waals surface area contributed by atoms with E-state index < -0.39 is 0 Å². The molecule has 5 heteroatoms. The van der Waals surface area contributed by atoms with Crippen LogP contribution in [0.15, 0.2) is 9.68 Å². The highest BCUT2D eigenvalue weighted by Gasteiger charge is 2.08. The highest BCUT2D eigenvalue weighted by molar-refractivity contribution is 7.98. The van der Waals surface area contributed by atoms with Crippen molar-refractivity contribution in [1.29, 1.82) is 0 Å². The van der Waals surface area contributed by atoms with Crippen LogP contribution in [0.3, 0.4) is 0 Å². The van der Waals surface area contributed by atoms with Crippen LogP contribution in [0.1, 0.15) is 17.6 Å². The zero-order valence-corrected chi connectivity index (χ0v) is 6.44. The fourth-order valence-corrected chi connectivity index (χ4v) is 0.722. The average molecular weight is 158 g/mol. The normalized spacial score (nSPS) is 9.80. The maximum absolute atomic E-state index is 10.6. The molecule has 10 heavy (non-hydrogen) atoms. The Morgan fingerprint density at radius 2 is 2.40 bits per heavy atom. The van der Waals surface area contributed by atoms with Crippen LogP contribution in [-0.2, 0) is 0 Å². The van der Waals surface area contributed by atoms with Gasteiger partial charge >= 0.3 is 0 Å². The first-order valence-corrected chi connectivity index (χ1v) is 3.85. The highest BCUT2D eigenvalue weighted by atomic mass is 32.2. The molecule has 0 saturated carbocycles. The molecule has 0 atom stereocenters. The molecule has 54 valence electrons. The Morgan fingerprint density at radius 1 is 1.70 bits per heavy atom. The molecule has 1 aromatic rings. The number of ketones is 1. The predicted octanol–water partition coefficient (Wildman–Crippen LogP) is 0.994. The molecule has 0 amide bonds. The lowest BCUT2D eigenvalue weighted by molar-refractivity contribution is 0.0972. The van der Waals surface area contributed by atoms with E-state index >= 15 is 0 Å². The third kappa shape index (κ3) is 1.36. The van der Waals surface area contributed by atoms with Gasteiger partial charge in [-0.25, -0.2) is 0 Å². The average Bonchev–Trinajstić information content (AvgIpc) is 2.34. The third-order valence-corrected chi connectivity index (χ3v) is 1.42. The Labute approximate surface area is 62.0 Å². The molecule has 0 aliphatic heterocycles. The summed E-state index contributed by atoms with van der Waals surface area (Å²) >= 11 is 1.34. The second-order valence-corrected chi connectivity index (χ2v) is 2.42. The van der Waals surface area contributed by atoms with Gasteiger partial charge in [0.15, 0.2) is 0 Å². The van der Waals surface area contributed by atoms with Crippen molar-refractivity contribution in [2.45, 2.75) is 12.1 Å². The summed E-state index contributed by atoms with van der Waals surface area (Å²) in [5.41, 5.74) is 0. The molecule has 0 aliphatic rings. The highest BCUT2D eigenvalue weighted by Crippen LogP contribution is 2.08. The molecular weight excluding hydrogens is 152 g/mol. The summed E-state index contributed by atoms with van der Waals surface area (Å²) in [5, 5.41) is 4.00. The Bertz CT molecular complexity index is 246. The van der Waals surface area contributed by atoms with Crippen molar-refractivity contribution in [2.75, 3.05) is 6.26 Å². The molecule has 0 bridgehead atoms. The lowest BCUT2D eigenvalue weighted by Gasteiger charge is -1.77. The molecule has 1 heterocycles. The van der Waals surface area contributed by atoms with Crippen molar-refractivity contribution < 1.29 is 9.32 Å². The molecular formula is C5H6N2O2S. The zero-order valence-electron chi connectivity index (χ0n) is 5.62. The lowest BCUT2D eigenvalue weighted by atomic mass is 10.5. The Hall–Kier alpha value is -0.840. The summed E-state index contributed by atoms with van der Waals surface area (Å²) in [4.78, 5) is 14.3. The van der Waals surface area contributed by atoms with Crippen molar-refractivity contribution >= 4 is 17.5 Å². The van der Waals surface area contributed by atoms with Gasteiger partial charge in [-0.3, -0.25) is 4.79 Å². The van der Waals surface area contributed by atoms with Gasteiger partial charge in [-0.15, -0.1) is 0 Å². The van der Waals surface area contributed by atoms with Crippen LogP contribution in [0.25, 0.3) is 0 Å². The number of hydrogen-bond donors (Lipinski definition) is 0. The molecule has 4 nitrogen and oxygen atoms in total. The Kier molecular flexibility index (Phi) is 2.06. The van der Waals surface area contributed by atoms with Crippen molar-refractivity contribution in [2.24, 2.45) is 0 Å². The first-order chi connectivity index (χ1) is 4.74. The smallest absolute Gasteiger partial charge is 0.294 e. The summed E-state index contributed by atoms with van der Waals surface area (Å²) in [5.74, 6) is -0.128. The quantitative estimate of drug-likeness (QED) is 0.474. The van der Waals surface area contributed by atoms with Crippen LogP contribution in [-0.4, -0.2) is 22.2 Å². The maximum atomic E-state index is 10.6. The van der Waals surface area contributed by atoms with E-state index in [1.807, 2.05) is 6.26 Å². The molecule has 1 aromatic heterocycles. The molecule has 0 aromatic carbocycles. The zero-order chi connectivity index (χ0) is 7.56. The molecule has 0 saturated heterocycles. The summed E-state index contributed by atoms with van der Waals surface area (Å²) < 4.78 is 4.59. The van der Waals surface area contributed by atoms with Gasteiger partial charge in [0.25, 0.3) is 5.89 Å². The Morgan fingerprint density at radius 3 is 2.70 bits per heavy atom. The van der Waals surface area contributed by atoms with Gasteiger partial charge in [-0.1, -0.05) is 11.8 Å². The van der Waals surface area contributed by atoms with Crippen LogP contribution >= 0.6 is 11.8 Å². The van der Waals surface area contributed by atoms with E-state index in [2.05, 4.69) is 14.7 Å². The molecule has 0 spiro atoms. The fourth-order valence-electron chi connectivity index (χ4n) is 0.436. The topological polar surface area (TPSA) is 56.0 Å². The van der Waals surface area contributed by atoms with Gasteiger partial charge in [0, 0.05) is 6.92 Å². The minimum Gasteiger partial charge on any atom is -0.330 e. The second kappa shape index (κ2) is 2.83. The van der Waals surface area contributed by atoms with Gasteiger partial charge in [0.1, 0.15) is 0 Å². The maximum Gasteiger partial charge on any atom is 0.294 e. The molecule has 1 rings (SSSR count). The number of aromatic nitrogens is 2. The van der Waals surface area contributed by atoms with Gasteiger partial charge in [0.2, 0.25) is 10.9 Å². The summed E-state index contributed by atoms with van der Waals surface area (Å²) in [6.45, 7) is 1.39. The van der Waals surface area contributed by atoms with E-state index in [9.17, 15) is 4.79 Å². The number of carbonyl (C=O) groups is 1. The first-order valence-electron chi connectivity index (χ1n) is 2.62. The van der Waals surface area contributed by atoms with Crippen LogP contribution in [0.5, 0.6) is 0 Å². The standard InChI is InChI=1S/C5H6N2O2S/c1-3(8)4-6-5(10-2)7-9-4/h1-2H3. The minimum absolute atomic E-state index is 0.0735. The van der Waals surface area contributed by atoms with E-state index in [4.69, 9.17) is 0 Å². The largest absolute Gasteiger partial charge is 0.330 e. The molecule has 0 N–H and O–H groups in total. The SMILES string of the molecule is CSc1noc(C(C)=O)n1. The second-order valence-electron chi connectivity index (χ2n) is 1.64. The number of hydrogen-bond acceptors (Lipinski definition) is 5. The van der Waals surface area contributed by atoms with E-state index in [0.717, 1.165) is 0 Å². The number of carbonyl (C=O) groups excluding carboxylic acids is 1. The van der Waals surface area contributed by atoms with E-state index in [-0.39, 0.29) is 11.7 Å². The van der Waals surface area contributed by atoms with Crippen LogP contribution in [0.2, 0.25) is 0 Å². The van der Waals surface area contributed by atoms with Crippen molar-refractivity contribution in [3.8, 4) is 0 Å². The summed E-state index contributed by atoms with van der Waals surface area (Å²) in [6.07, 6.45) is 1.81. The van der Waals surface area contributed by atoms with Crippen molar-refractivity contribution in [3.05, 3.63) is 5.89 Å². The lowest BCUT2D eigenvalue weighted by Crippen LogP contribution is -1.90. The molecule has 0 fully saturated rings. The van der Waals surface area contributed by atoms with Crippen LogP contribution in [0.4, 0.5) is 0 Å². The molecule has 0 aliphatic carbocycles.